The van der Waals surface area contributed by atoms with Crippen molar-refractivity contribution in [3.05, 3.63) is 60.2 Å². The van der Waals surface area contributed by atoms with E-state index in [0.717, 1.165) is 0 Å². The van der Waals surface area contributed by atoms with Gasteiger partial charge in [0.05, 0.1) is 0 Å². The smallest absolute Gasteiger partial charge is 0.0152 e. The van der Waals surface area contributed by atoms with E-state index < -0.39 is 0 Å². The van der Waals surface area contributed by atoms with E-state index in [0.29, 0.717) is 0 Å². The number of rotatable bonds is 7. The molecule has 0 atom stereocenters. The molecule has 0 saturated heterocycles. The SMILES string of the molecule is CCC/C=C/CCCCc1cccc2ccccc12. The Kier molecular flexibility index (Phi) is 5.68. The van der Waals surface area contributed by atoms with Crippen molar-refractivity contribution in [1.82, 2.24) is 0 Å². The van der Waals surface area contributed by atoms with E-state index in [2.05, 4.69) is 61.5 Å². The van der Waals surface area contributed by atoms with Crippen LogP contribution >= 0.6 is 0 Å². The average Bonchev–Trinajstić information content (AvgIpc) is 2.46. The predicted molar refractivity (Wildman–Crippen MR) is 85.6 cm³/mol. The lowest BCUT2D eigenvalue weighted by Crippen LogP contribution is -1.87. The van der Waals surface area contributed by atoms with Crippen LogP contribution < -0.4 is 0 Å². The second-order valence-corrected chi connectivity index (χ2v) is 5.14. The molecule has 19 heavy (non-hydrogen) atoms. The van der Waals surface area contributed by atoms with Gasteiger partial charge in [0.25, 0.3) is 0 Å². The van der Waals surface area contributed by atoms with Gasteiger partial charge in [-0.05, 0) is 48.4 Å². The van der Waals surface area contributed by atoms with Crippen LogP contribution in [-0.4, -0.2) is 0 Å². The Morgan fingerprint density at radius 2 is 1.63 bits per heavy atom. The van der Waals surface area contributed by atoms with Crippen LogP contribution in [0.25, 0.3) is 10.8 Å². The first-order chi connectivity index (χ1) is 9.42. The molecule has 0 radical (unpaired) electrons. The van der Waals surface area contributed by atoms with Gasteiger partial charge in [-0.15, -0.1) is 0 Å². The summed E-state index contributed by atoms with van der Waals surface area (Å²) in [7, 11) is 0. The number of unbranched alkanes of at least 4 members (excludes halogenated alkanes) is 3. The minimum atomic E-state index is 1.20. The molecule has 2 aromatic carbocycles. The summed E-state index contributed by atoms with van der Waals surface area (Å²) in [6.45, 7) is 2.23. The molecule has 0 unspecified atom stereocenters. The standard InChI is InChI=1S/C19H24/c1-2-3-4-5-6-7-8-12-17-14-11-15-18-13-9-10-16-19(17)18/h4-5,9-11,13-16H,2-3,6-8,12H2,1H3/b5-4+. The lowest BCUT2D eigenvalue weighted by Gasteiger charge is -2.05. The minimum Gasteiger partial charge on any atom is -0.0885 e. The fourth-order valence-corrected chi connectivity index (χ4v) is 2.49. The summed E-state index contributed by atoms with van der Waals surface area (Å²) >= 11 is 0. The fourth-order valence-electron chi connectivity index (χ4n) is 2.49. The normalized spacial score (nSPS) is 11.4. The van der Waals surface area contributed by atoms with Crippen LogP contribution in [0.5, 0.6) is 0 Å². The first kappa shape index (κ1) is 13.9. The molecule has 2 rings (SSSR count). The van der Waals surface area contributed by atoms with Gasteiger partial charge >= 0.3 is 0 Å². The van der Waals surface area contributed by atoms with Crippen molar-refractivity contribution in [3.8, 4) is 0 Å². The van der Waals surface area contributed by atoms with E-state index in [1.165, 1.54) is 54.9 Å². The highest BCUT2D eigenvalue weighted by molar-refractivity contribution is 5.85. The third-order valence-corrected chi connectivity index (χ3v) is 3.57. The molecule has 0 bridgehead atoms. The minimum absolute atomic E-state index is 1.20. The van der Waals surface area contributed by atoms with Crippen molar-refractivity contribution in [2.45, 2.75) is 45.4 Å². The Hall–Kier alpha value is -1.56. The second kappa shape index (κ2) is 7.78. The van der Waals surface area contributed by atoms with Crippen LogP contribution in [0.4, 0.5) is 0 Å². The summed E-state index contributed by atoms with van der Waals surface area (Å²) < 4.78 is 0. The van der Waals surface area contributed by atoms with Gasteiger partial charge in [-0.2, -0.15) is 0 Å². The van der Waals surface area contributed by atoms with Crippen molar-refractivity contribution in [2.75, 3.05) is 0 Å². The highest BCUT2D eigenvalue weighted by Gasteiger charge is 1.99. The molecule has 0 fully saturated rings. The molecule has 0 aliphatic heterocycles. The Labute approximate surface area is 117 Å². The van der Waals surface area contributed by atoms with Crippen molar-refractivity contribution >= 4 is 10.8 Å². The number of hydrogen-bond acceptors (Lipinski definition) is 0. The van der Waals surface area contributed by atoms with Crippen molar-refractivity contribution < 1.29 is 0 Å². The fraction of sp³-hybridized carbons (Fsp3) is 0.368. The number of allylic oxidation sites excluding steroid dienone is 2. The summed E-state index contributed by atoms with van der Waals surface area (Å²) in [5.41, 5.74) is 1.50. The first-order valence-electron chi connectivity index (χ1n) is 7.53. The second-order valence-electron chi connectivity index (χ2n) is 5.14. The zero-order chi connectivity index (χ0) is 13.3. The highest BCUT2D eigenvalue weighted by Crippen LogP contribution is 2.20. The number of aryl methyl sites for hydroxylation is 1. The first-order valence-corrected chi connectivity index (χ1v) is 7.53. The summed E-state index contributed by atoms with van der Waals surface area (Å²) in [6, 6.07) is 15.3. The van der Waals surface area contributed by atoms with Gasteiger partial charge in [0, 0.05) is 0 Å². The van der Waals surface area contributed by atoms with Crippen LogP contribution in [0, 0.1) is 0 Å². The number of fused-ring (bicyclic) bond motifs is 1. The molecule has 0 spiro atoms. The maximum Gasteiger partial charge on any atom is -0.0152 e. The summed E-state index contributed by atoms with van der Waals surface area (Å²) in [5, 5.41) is 2.79. The van der Waals surface area contributed by atoms with Gasteiger partial charge in [0.2, 0.25) is 0 Å². The summed E-state index contributed by atoms with van der Waals surface area (Å²) in [6.07, 6.45) is 12.1. The average molecular weight is 252 g/mol. The van der Waals surface area contributed by atoms with Crippen LogP contribution in [0.3, 0.4) is 0 Å². The summed E-state index contributed by atoms with van der Waals surface area (Å²) in [4.78, 5) is 0. The molecule has 0 heterocycles. The van der Waals surface area contributed by atoms with E-state index >= 15 is 0 Å². The van der Waals surface area contributed by atoms with Crippen LogP contribution in [-0.2, 0) is 6.42 Å². The Bertz CT molecular complexity index is 517. The third-order valence-electron chi connectivity index (χ3n) is 3.57. The molecule has 0 nitrogen and oxygen atoms in total. The molecule has 0 amide bonds. The number of benzene rings is 2. The molecular formula is C19H24. The Morgan fingerprint density at radius 1 is 0.842 bits per heavy atom. The molecule has 0 saturated carbocycles. The van der Waals surface area contributed by atoms with Gasteiger partial charge in [0.15, 0.2) is 0 Å². The van der Waals surface area contributed by atoms with E-state index in [1.807, 2.05) is 0 Å². The van der Waals surface area contributed by atoms with E-state index in [4.69, 9.17) is 0 Å². The van der Waals surface area contributed by atoms with E-state index in [-0.39, 0.29) is 0 Å². The van der Waals surface area contributed by atoms with Crippen LogP contribution in [0.2, 0.25) is 0 Å². The Morgan fingerprint density at radius 3 is 2.53 bits per heavy atom. The zero-order valence-electron chi connectivity index (χ0n) is 11.9. The molecule has 0 aliphatic carbocycles. The topological polar surface area (TPSA) is 0 Å². The molecule has 0 aliphatic rings. The number of hydrogen-bond donors (Lipinski definition) is 0. The third kappa shape index (κ3) is 4.24. The van der Waals surface area contributed by atoms with Gasteiger partial charge in [0.1, 0.15) is 0 Å². The van der Waals surface area contributed by atoms with Crippen molar-refractivity contribution in [1.29, 1.82) is 0 Å². The van der Waals surface area contributed by atoms with Crippen LogP contribution in [0.1, 0.15) is 44.6 Å². The predicted octanol–water partition coefficient (Wildman–Crippen LogP) is 5.91. The molecule has 0 heteroatoms. The van der Waals surface area contributed by atoms with E-state index in [1.54, 1.807) is 0 Å². The van der Waals surface area contributed by atoms with Crippen LogP contribution in [0.15, 0.2) is 54.6 Å². The maximum atomic E-state index is 2.34. The molecular weight excluding hydrogens is 228 g/mol. The van der Waals surface area contributed by atoms with Crippen molar-refractivity contribution in [3.63, 3.8) is 0 Å². The van der Waals surface area contributed by atoms with E-state index in [9.17, 15) is 0 Å². The Balaban J connectivity index is 1.85. The lowest BCUT2D eigenvalue weighted by atomic mass is 10.00. The van der Waals surface area contributed by atoms with Crippen molar-refractivity contribution in [2.24, 2.45) is 0 Å². The van der Waals surface area contributed by atoms with Gasteiger partial charge in [-0.25, -0.2) is 0 Å². The van der Waals surface area contributed by atoms with Gasteiger partial charge in [-0.1, -0.05) is 68.0 Å². The molecule has 0 aromatic heterocycles. The molecule has 100 valence electrons. The zero-order valence-corrected chi connectivity index (χ0v) is 11.9. The monoisotopic (exact) mass is 252 g/mol. The lowest BCUT2D eigenvalue weighted by molar-refractivity contribution is 0.748. The maximum absolute atomic E-state index is 2.34. The quantitative estimate of drug-likeness (QED) is 0.424. The summed E-state index contributed by atoms with van der Waals surface area (Å²) in [5.74, 6) is 0. The van der Waals surface area contributed by atoms with Gasteiger partial charge < -0.3 is 0 Å². The largest absolute Gasteiger partial charge is 0.0885 e. The molecule has 2 aromatic rings. The van der Waals surface area contributed by atoms with Gasteiger partial charge in [-0.3, -0.25) is 0 Å². The highest BCUT2D eigenvalue weighted by atomic mass is 14.0. The molecule has 0 N–H and O–H groups in total.